The van der Waals surface area contributed by atoms with E-state index in [0.29, 0.717) is 17.8 Å². The molecule has 3 nitrogen and oxygen atoms in total. The number of rotatable bonds is 2. The molecule has 98 valence electrons. The second-order valence-electron chi connectivity index (χ2n) is 5.84. The molecule has 1 rings (SSSR count). The molecular formula is C14H26N2O. The predicted octanol–water partition coefficient (Wildman–Crippen LogP) is 3.23. The van der Waals surface area contributed by atoms with E-state index < -0.39 is 0 Å². The van der Waals surface area contributed by atoms with Gasteiger partial charge in [0.05, 0.1) is 0 Å². The molecule has 2 atom stereocenters. The second-order valence-corrected chi connectivity index (χ2v) is 5.84. The average Bonchev–Trinajstić information content (AvgIpc) is 2.23. The van der Waals surface area contributed by atoms with Gasteiger partial charge < -0.3 is 10.2 Å². The summed E-state index contributed by atoms with van der Waals surface area (Å²) in [5.74, 6) is 1.70. The minimum atomic E-state index is 0.0448. The number of nitrogens with zero attached hydrogens (tertiary/aromatic N) is 1. The van der Waals surface area contributed by atoms with Crippen molar-refractivity contribution in [2.75, 3.05) is 13.1 Å². The van der Waals surface area contributed by atoms with Crippen LogP contribution in [0.2, 0.25) is 0 Å². The lowest BCUT2D eigenvalue weighted by atomic mass is 9.92. The van der Waals surface area contributed by atoms with E-state index in [9.17, 15) is 4.79 Å². The van der Waals surface area contributed by atoms with Gasteiger partial charge in [-0.1, -0.05) is 33.3 Å². The lowest BCUT2D eigenvalue weighted by Gasteiger charge is -2.34. The Balaban J connectivity index is 2.50. The van der Waals surface area contributed by atoms with Crippen molar-refractivity contribution < 1.29 is 4.79 Å². The van der Waals surface area contributed by atoms with Crippen LogP contribution in [0.25, 0.3) is 0 Å². The topological polar surface area (TPSA) is 32.3 Å². The molecule has 2 unspecified atom stereocenters. The van der Waals surface area contributed by atoms with Crippen LogP contribution in [0.15, 0.2) is 11.8 Å². The van der Waals surface area contributed by atoms with Crippen LogP contribution in [0.3, 0.4) is 0 Å². The van der Waals surface area contributed by atoms with Gasteiger partial charge in [-0.05, 0) is 31.1 Å². The number of likely N-dealkylation sites (tertiary alicyclic amines) is 1. The average molecular weight is 238 g/mol. The molecule has 2 amide bonds. The molecule has 0 radical (unpaired) electrons. The fourth-order valence-electron chi connectivity index (χ4n) is 2.26. The molecular weight excluding hydrogens is 212 g/mol. The summed E-state index contributed by atoms with van der Waals surface area (Å²) in [4.78, 5) is 13.9. The number of allylic oxidation sites excluding steroid dienone is 1. The highest BCUT2D eigenvalue weighted by atomic mass is 16.2. The Labute approximate surface area is 105 Å². The van der Waals surface area contributed by atoms with Gasteiger partial charge in [0.15, 0.2) is 0 Å². The number of carbonyl (C=O) groups excluding carboxylic acids is 1. The summed E-state index contributed by atoms with van der Waals surface area (Å²) in [7, 11) is 0. The molecule has 1 N–H and O–H groups in total. The van der Waals surface area contributed by atoms with Crippen LogP contribution >= 0.6 is 0 Å². The zero-order chi connectivity index (χ0) is 13.0. The minimum Gasteiger partial charge on any atom is -0.324 e. The first-order chi connectivity index (χ1) is 7.90. The van der Waals surface area contributed by atoms with Crippen molar-refractivity contribution >= 4 is 6.03 Å². The van der Waals surface area contributed by atoms with E-state index in [1.54, 1.807) is 0 Å². The number of carbonyl (C=O) groups is 1. The maximum atomic E-state index is 12.0. The van der Waals surface area contributed by atoms with Gasteiger partial charge in [0.1, 0.15) is 0 Å². The first kappa shape index (κ1) is 14.1. The van der Waals surface area contributed by atoms with Crippen LogP contribution in [0.1, 0.15) is 41.0 Å². The van der Waals surface area contributed by atoms with E-state index in [2.05, 4.69) is 33.0 Å². The van der Waals surface area contributed by atoms with Gasteiger partial charge in [0.2, 0.25) is 0 Å². The van der Waals surface area contributed by atoms with Crippen LogP contribution in [0.5, 0.6) is 0 Å². The van der Waals surface area contributed by atoms with E-state index in [-0.39, 0.29) is 6.03 Å². The first-order valence-electron chi connectivity index (χ1n) is 6.62. The van der Waals surface area contributed by atoms with Crippen molar-refractivity contribution in [1.29, 1.82) is 0 Å². The summed E-state index contributed by atoms with van der Waals surface area (Å²) < 4.78 is 0. The standard InChI is InChI=1S/C14H26N2O/c1-10(2)13(5)7-15-14(17)16-8-11(3)6-12(4)9-16/h7,10-12H,6,8-9H2,1-5H3,(H,15,17)/b13-7+. The molecule has 1 aliphatic heterocycles. The molecule has 1 fully saturated rings. The van der Waals surface area contributed by atoms with Crippen LogP contribution in [-0.2, 0) is 0 Å². The maximum absolute atomic E-state index is 12.0. The van der Waals surface area contributed by atoms with Gasteiger partial charge in [-0.25, -0.2) is 4.79 Å². The Morgan fingerprint density at radius 2 is 1.82 bits per heavy atom. The third-order valence-corrected chi connectivity index (χ3v) is 3.49. The normalized spacial score (nSPS) is 26.2. The van der Waals surface area contributed by atoms with Crippen molar-refractivity contribution in [3.63, 3.8) is 0 Å². The zero-order valence-corrected chi connectivity index (χ0v) is 11.8. The van der Waals surface area contributed by atoms with Crippen LogP contribution in [0.4, 0.5) is 4.79 Å². The summed E-state index contributed by atoms with van der Waals surface area (Å²) in [5, 5.41) is 2.90. The Hall–Kier alpha value is -0.990. The van der Waals surface area contributed by atoms with Crippen molar-refractivity contribution in [1.82, 2.24) is 10.2 Å². The molecule has 1 saturated heterocycles. The maximum Gasteiger partial charge on any atom is 0.321 e. The highest BCUT2D eigenvalue weighted by molar-refractivity contribution is 5.75. The third kappa shape index (κ3) is 4.41. The van der Waals surface area contributed by atoms with Gasteiger partial charge in [-0.3, -0.25) is 0 Å². The Kier molecular flexibility index (Phi) is 5.03. The summed E-state index contributed by atoms with van der Waals surface area (Å²) in [6.45, 7) is 12.5. The zero-order valence-electron chi connectivity index (χ0n) is 11.8. The summed E-state index contributed by atoms with van der Waals surface area (Å²) >= 11 is 0. The summed E-state index contributed by atoms with van der Waals surface area (Å²) in [5.41, 5.74) is 1.21. The number of piperidine rings is 1. The van der Waals surface area contributed by atoms with Crippen molar-refractivity contribution in [2.45, 2.75) is 41.0 Å². The highest BCUT2D eigenvalue weighted by Gasteiger charge is 2.24. The fraction of sp³-hybridized carbons (Fsp3) is 0.786. The second kappa shape index (κ2) is 6.08. The van der Waals surface area contributed by atoms with E-state index in [4.69, 9.17) is 0 Å². The predicted molar refractivity (Wildman–Crippen MR) is 71.6 cm³/mol. The molecule has 1 heterocycles. The van der Waals surface area contributed by atoms with Gasteiger partial charge in [0, 0.05) is 19.3 Å². The monoisotopic (exact) mass is 238 g/mol. The molecule has 17 heavy (non-hydrogen) atoms. The van der Waals surface area contributed by atoms with Gasteiger partial charge in [-0.2, -0.15) is 0 Å². The molecule has 0 bridgehead atoms. The van der Waals surface area contributed by atoms with Crippen molar-refractivity contribution in [3.05, 3.63) is 11.8 Å². The van der Waals surface area contributed by atoms with Crippen LogP contribution in [0, 0.1) is 17.8 Å². The molecule has 0 spiro atoms. The Morgan fingerprint density at radius 1 is 1.29 bits per heavy atom. The number of amides is 2. The summed E-state index contributed by atoms with van der Waals surface area (Å²) in [6, 6.07) is 0.0448. The molecule has 0 aliphatic carbocycles. The Bertz CT molecular complexity index is 287. The quantitative estimate of drug-likeness (QED) is 0.787. The SMILES string of the molecule is C/C(=C\NC(=O)N1CC(C)CC(C)C1)C(C)C. The van der Waals surface area contributed by atoms with E-state index in [1.165, 1.54) is 12.0 Å². The van der Waals surface area contributed by atoms with Crippen molar-refractivity contribution in [3.8, 4) is 0 Å². The lowest BCUT2D eigenvalue weighted by molar-refractivity contribution is 0.149. The smallest absolute Gasteiger partial charge is 0.321 e. The molecule has 0 aromatic carbocycles. The number of urea groups is 1. The largest absolute Gasteiger partial charge is 0.324 e. The van der Waals surface area contributed by atoms with Gasteiger partial charge >= 0.3 is 6.03 Å². The first-order valence-corrected chi connectivity index (χ1v) is 6.62. The minimum absolute atomic E-state index is 0.0448. The molecule has 0 saturated carbocycles. The number of hydrogen-bond donors (Lipinski definition) is 1. The fourth-order valence-corrected chi connectivity index (χ4v) is 2.26. The molecule has 3 heteroatoms. The number of nitrogens with one attached hydrogen (secondary N) is 1. The van der Waals surface area contributed by atoms with E-state index in [0.717, 1.165) is 13.1 Å². The van der Waals surface area contributed by atoms with Crippen LogP contribution < -0.4 is 5.32 Å². The van der Waals surface area contributed by atoms with E-state index in [1.807, 2.05) is 18.0 Å². The van der Waals surface area contributed by atoms with Crippen molar-refractivity contribution in [2.24, 2.45) is 17.8 Å². The highest BCUT2D eigenvalue weighted by Crippen LogP contribution is 2.20. The summed E-state index contributed by atoms with van der Waals surface area (Å²) in [6.07, 6.45) is 3.07. The van der Waals surface area contributed by atoms with Gasteiger partial charge in [0.25, 0.3) is 0 Å². The number of hydrogen-bond acceptors (Lipinski definition) is 1. The molecule has 1 aliphatic rings. The molecule has 0 aromatic rings. The lowest BCUT2D eigenvalue weighted by Crippen LogP contribution is -2.46. The van der Waals surface area contributed by atoms with E-state index >= 15 is 0 Å². The third-order valence-electron chi connectivity index (χ3n) is 3.49. The van der Waals surface area contributed by atoms with Gasteiger partial charge in [-0.15, -0.1) is 0 Å². The van der Waals surface area contributed by atoms with Crippen LogP contribution in [-0.4, -0.2) is 24.0 Å². The Morgan fingerprint density at radius 3 is 2.29 bits per heavy atom. The molecule has 0 aromatic heterocycles.